The zero-order valence-electron chi connectivity index (χ0n) is 21.1. The van der Waals surface area contributed by atoms with Gasteiger partial charge < -0.3 is 14.9 Å². The molecule has 1 amide bonds. The quantitative estimate of drug-likeness (QED) is 0.605. The SMILES string of the molecule is Cc1c(F)cccc1[C@H]1[C@H](C(=O)N2CCC[C@H]2C(F)(F)F)CN(C2CN(C)C2)C[C@H]1c1ccccc1O. The maximum atomic E-state index is 14.8. The molecule has 3 fully saturated rings. The predicted molar refractivity (Wildman–Crippen MR) is 132 cm³/mol. The molecule has 0 saturated carbocycles. The number of para-hydroxylation sites is 1. The van der Waals surface area contributed by atoms with Gasteiger partial charge in [-0.05, 0) is 55.6 Å². The van der Waals surface area contributed by atoms with E-state index >= 15 is 0 Å². The highest BCUT2D eigenvalue weighted by Crippen LogP contribution is 2.48. The fourth-order valence-electron chi connectivity index (χ4n) is 6.61. The summed E-state index contributed by atoms with van der Waals surface area (Å²) in [4.78, 5) is 19.4. The number of alkyl halides is 3. The molecule has 5 rings (SSSR count). The lowest BCUT2D eigenvalue weighted by Crippen LogP contribution is -2.63. The Labute approximate surface area is 214 Å². The molecule has 0 aliphatic carbocycles. The summed E-state index contributed by atoms with van der Waals surface area (Å²) in [6, 6.07) is 9.97. The molecule has 3 heterocycles. The minimum atomic E-state index is -4.50. The van der Waals surface area contributed by atoms with Crippen molar-refractivity contribution < 1.29 is 27.5 Å². The Hall–Kier alpha value is -2.65. The third-order valence-electron chi connectivity index (χ3n) is 8.53. The Morgan fingerprint density at radius 1 is 1.00 bits per heavy atom. The number of halogens is 4. The minimum Gasteiger partial charge on any atom is -0.508 e. The highest BCUT2D eigenvalue weighted by molar-refractivity contribution is 5.81. The van der Waals surface area contributed by atoms with Crippen LogP contribution in [0.2, 0.25) is 0 Å². The summed E-state index contributed by atoms with van der Waals surface area (Å²) in [5.41, 5.74) is 1.62. The van der Waals surface area contributed by atoms with Gasteiger partial charge in [0.2, 0.25) is 5.91 Å². The molecule has 0 bridgehead atoms. The first-order valence-corrected chi connectivity index (χ1v) is 12.9. The molecule has 3 saturated heterocycles. The van der Waals surface area contributed by atoms with Gasteiger partial charge in [0, 0.05) is 50.6 Å². The van der Waals surface area contributed by atoms with E-state index in [1.165, 1.54) is 6.07 Å². The van der Waals surface area contributed by atoms with Crippen molar-refractivity contribution in [3.05, 3.63) is 65.0 Å². The summed E-state index contributed by atoms with van der Waals surface area (Å²) < 4.78 is 56.5. The molecule has 3 aliphatic rings. The van der Waals surface area contributed by atoms with Crippen LogP contribution in [0.3, 0.4) is 0 Å². The number of carbonyl (C=O) groups excluding carboxylic acids is 1. The average Bonchev–Trinajstić information content (AvgIpc) is 3.34. The second-order valence-electron chi connectivity index (χ2n) is 10.8. The Balaban J connectivity index is 1.62. The number of phenolic OH excluding ortho intramolecular Hbond substituents is 1. The number of phenols is 1. The van der Waals surface area contributed by atoms with E-state index in [4.69, 9.17) is 0 Å². The fraction of sp³-hybridized carbons (Fsp3) is 0.536. The summed E-state index contributed by atoms with van der Waals surface area (Å²) in [5.74, 6) is -2.68. The molecule has 1 N–H and O–H groups in total. The van der Waals surface area contributed by atoms with Crippen LogP contribution in [0.15, 0.2) is 42.5 Å². The van der Waals surface area contributed by atoms with E-state index < -0.39 is 41.7 Å². The van der Waals surface area contributed by atoms with Gasteiger partial charge >= 0.3 is 6.18 Å². The second-order valence-corrected chi connectivity index (χ2v) is 10.8. The van der Waals surface area contributed by atoms with Gasteiger partial charge in [-0.2, -0.15) is 13.2 Å². The molecule has 9 heteroatoms. The van der Waals surface area contributed by atoms with Crippen molar-refractivity contribution in [3.63, 3.8) is 0 Å². The number of likely N-dealkylation sites (N-methyl/N-ethyl adjacent to an activating group) is 1. The molecular weight excluding hydrogens is 486 g/mol. The molecule has 3 aliphatic heterocycles. The van der Waals surface area contributed by atoms with Crippen molar-refractivity contribution in [1.29, 1.82) is 0 Å². The van der Waals surface area contributed by atoms with E-state index in [0.717, 1.165) is 18.0 Å². The number of hydrogen-bond donors (Lipinski definition) is 1. The van der Waals surface area contributed by atoms with Gasteiger partial charge in [-0.1, -0.05) is 30.3 Å². The standard InChI is InChI=1S/C28H33F4N3O2/c1-17-19(8-5-9-23(17)29)26-21(20-7-3-4-10-24(20)36)15-34(18-13-33(2)14-18)16-22(26)27(37)35-12-6-11-25(35)28(30,31)32/h3-5,7-10,18,21-22,25-26,36H,6,11-16H2,1-2H3/t21-,22+,25-,26+/m0/s1. The van der Waals surface area contributed by atoms with Crippen LogP contribution in [0.5, 0.6) is 5.75 Å². The number of rotatable bonds is 4. The lowest BCUT2D eigenvalue weighted by molar-refractivity contribution is -0.185. The Bertz CT molecular complexity index is 1150. The van der Waals surface area contributed by atoms with E-state index in [2.05, 4.69) is 9.80 Å². The number of hydrogen-bond acceptors (Lipinski definition) is 4. The fourth-order valence-corrected chi connectivity index (χ4v) is 6.61. The molecule has 2 aromatic carbocycles. The van der Waals surface area contributed by atoms with Crippen molar-refractivity contribution in [3.8, 4) is 5.75 Å². The average molecular weight is 520 g/mol. The van der Waals surface area contributed by atoms with E-state index in [0.29, 0.717) is 36.2 Å². The van der Waals surface area contributed by atoms with Gasteiger partial charge in [-0.25, -0.2) is 4.39 Å². The number of piperidine rings is 1. The van der Waals surface area contributed by atoms with Gasteiger partial charge in [0.05, 0.1) is 5.92 Å². The highest BCUT2D eigenvalue weighted by Gasteiger charge is 2.52. The van der Waals surface area contributed by atoms with E-state index in [9.17, 15) is 27.5 Å². The van der Waals surface area contributed by atoms with E-state index in [1.54, 1.807) is 43.3 Å². The van der Waals surface area contributed by atoms with Crippen molar-refractivity contribution in [2.75, 3.05) is 39.8 Å². The molecular formula is C28H33F4N3O2. The van der Waals surface area contributed by atoms with Crippen LogP contribution in [-0.4, -0.2) is 83.7 Å². The summed E-state index contributed by atoms with van der Waals surface area (Å²) in [6.45, 7) is 4.11. The van der Waals surface area contributed by atoms with Gasteiger partial charge in [-0.15, -0.1) is 0 Å². The van der Waals surface area contributed by atoms with Gasteiger partial charge in [-0.3, -0.25) is 9.69 Å². The number of amides is 1. The van der Waals surface area contributed by atoms with Crippen molar-refractivity contribution in [1.82, 2.24) is 14.7 Å². The lowest BCUT2D eigenvalue weighted by atomic mass is 9.68. The smallest absolute Gasteiger partial charge is 0.408 e. The van der Waals surface area contributed by atoms with Crippen molar-refractivity contribution >= 4 is 5.91 Å². The predicted octanol–water partition coefficient (Wildman–Crippen LogP) is 4.51. The Morgan fingerprint density at radius 3 is 2.38 bits per heavy atom. The summed E-state index contributed by atoms with van der Waals surface area (Å²) >= 11 is 0. The zero-order chi connectivity index (χ0) is 26.5. The van der Waals surface area contributed by atoms with Crippen LogP contribution >= 0.6 is 0 Å². The van der Waals surface area contributed by atoms with Gasteiger partial charge in [0.15, 0.2) is 0 Å². The van der Waals surface area contributed by atoms with E-state index in [-0.39, 0.29) is 24.8 Å². The number of carbonyl (C=O) groups is 1. The third-order valence-corrected chi connectivity index (χ3v) is 8.53. The molecule has 0 spiro atoms. The molecule has 0 unspecified atom stereocenters. The van der Waals surface area contributed by atoms with Crippen LogP contribution in [0.25, 0.3) is 0 Å². The number of nitrogens with zero attached hydrogens (tertiary/aromatic N) is 3. The normalized spacial score (nSPS) is 27.9. The topological polar surface area (TPSA) is 47.0 Å². The summed E-state index contributed by atoms with van der Waals surface area (Å²) in [7, 11) is 2.00. The first-order valence-electron chi connectivity index (χ1n) is 12.9. The van der Waals surface area contributed by atoms with Crippen LogP contribution < -0.4 is 0 Å². The Kier molecular flexibility index (Phi) is 6.96. The maximum absolute atomic E-state index is 14.8. The van der Waals surface area contributed by atoms with Crippen molar-refractivity contribution in [2.45, 2.75) is 49.9 Å². The lowest BCUT2D eigenvalue weighted by Gasteiger charge is -2.52. The number of aromatic hydroxyl groups is 1. The van der Waals surface area contributed by atoms with Gasteiger partial charge in [0.25, 0.3) is 0 Å². The molecule has 2 aromatic rings. The van der Waals surface area contributed by atoms with Crippen LogP contribution in [0.4, 0.5) is 17.6 Å². The highest BCUT2D eigenvalue weighted by atomic mass is 19.4. The van der Waals surface area contributed by atoms with Crippen LogP contribution in [0.1, 0.15) is 41.4 Å². The third kappa shape index (κ3) is 4.83. The largest absolute Gasteiger partial charge is 0.508 e. The second kappa shape index (κ2) is 9.91. The minimum absolute atomic E-state index is 0.0573. The maximum Gasteiger partial charge on any atom is 0.408 e. The van der Waals surface area contributed by atoms with Crippen LogP contribution in [-0.2, 0) is 4.79 Å². The monoisotopic (exact) mass is 519 g/mol. The summed E-state index contributed by atoms with van der Waals surface area (Å²) in [6.07, 6.45) is -4.31. The van der Waals surface area contributed by atoms with Gasteiger partial charge in [0.1, 0.15) is 17.6 Å². The molecule has 200 valence electrons. The number of benzene rings is 2. The molecule has 37 heavy (non-hydrogen) atoms. The number of likely N-dealkylation sites (tertiary alicyclic amines) is 3. The van der Waals surface area contributed by atoms with Crippen molar-refractivity contribution in [2.24, 2.45) is 5.92 Å². The first-order chi connectivity index (χ1) is 17.6. The molecule has 0 radical (unpaired) electrons. The molecule has 5 nitrogen and oxygen atoms in total. The molecule has 0 aromatic heterocycles. The summed E-state index contributed by atoms with van der Waals surface area (Å²) in [5, 5.41) is 10.8. The first kappa shape index (κ1) is 26.0. The zero-order valence-corrected chi connectivity index (χ0v) is 21.1. The van der Waals surface area contributed by atoms with Crippen LogP contribution in [0, 0.1) is 18.7 Å². The van der Waals surface area contributed by atoms with E-state index in [1.807, 2.05) is 7.05 Å². The molecule has 4 atom stereocenters. The Morgan fingerprint density at radius 2 is 1.70 bits per heavy atom.